The number of amides is 3. The van der Waals surface area contributed by atoms with E-state index < -0.39 is 35.4 Å². The van der Waals surface area contributed by atoms with Gasteiger partial charge in [0.1, 0.15) is 5.82 Å². The van der Waals surface area contributed by atoms with Crippen molar-refractivity contribution in [3.8, 4) is 5.69 Å². The molecule has 35 heavy (non-hydrogen) atoms. The first-order chi connectivity index (χ1) is 16.7. The maximum atomic E-state index is 14.8. The normalized spacial score (nSPS) is 18.5. The van der Waals surface area contributed by atoms with Gasteiger partial charge in [-0.05, 0) is 42.5 Å². The number of nitrogens with one attached hydrogen (secondary N) is 2. The molecule has 4 rings (SSSR count). The number of carbonyl (C=O) groups is 3. The number of pyridine rings is 1. The SMILES string of the molecule is CN(C)C(=O)[C@H]1[C@H](C(=O)Nc2ccc(Cl)cc2)[C@@H]1C(=O)Nc1ccc(-n2ccccc2=O)cc1F. The summed E-state index contributed by atoms with van der Waals surface area (Å²) in [5.41, 5.74) is 0.307. The first kappa shape index (κ1) is 24.2. The van der Waals surface area contributed by atoms with Crippen LogP contribution >= 0.6 is 11.6 Å². The van der Waals surface area contributed by atoms with Crippen molar-refractivity contribution in [1.29, 1.82) is 0 Å². The number of anilines is 2. The molecule has 180 valence electrons. The average molecular weight is 497 g/mol. The molecule has 8 nitrogen and oxygen atoms in total. The summed E-state index contributed by atoms with van der Waals surface area (Å²) >= 11 is 5.87. The van der Waals surface area contributed by atoms with Gasteiger partial charge in [-0.25, -0.2) is 4.39 Å². The summed E-state index contributed by atoms with van der Waals surface area (Å²) in [6.07, 6.45) is 1.50. The molecule has 0 saturated heterocycles. The molecule has 0 spiro atoms. The number of carbonyl (C=O) groups excluding carboxylic acids is 3. The van der Waals surface area contributed by atoms with Crippen LogP contribution in [0.5, 0.6) is 0 Å². The Morgan fingerprint density at radius 2 is 1.57 bits per heavy atom. The number of aromatic nitrogens is 1. The number of rotatable bonds is 6. The molecule has 1 fully saturated rings. The van der Waals surface area contributed by atoms with Gasteiger partial charge in [-0.15, -0.1) is 0 Å². The number of halogens is 2. The zero-order valence-electron chi connectivity index (χ0n) is 18.9. The van der Waals surface area contributed by atoms with E-state index in [1.165, 1.54) is 48.0 Å². The van der Waals surface area contributed by atoms with Crippen LogP contribution in [0.1, 0.15) is 0 Å². The predicted octanol–water partition coefficient (Wildman–Crippen LogP) is 3.16. The summed E-state index contributed by atoms with van der Waals surface area (Å²) in [7, 11) is 3.07. The molecule has 0 unspecified atom stereocenters. The van der Waals surface area contributed by atoms with Gasteiger partial charge < -0.3 is 15.5 Å². The Morgan fingerprint density at radius 1 is 0.914 bits per heavy atom. The molecule has 1 heterocycles. The molecule has 3 aromatic rings. The Hall–Kier alpha value is -3.98. The van der Waals surface area contributed by atoms with Crippen molar-refractivity contribution in [2.24, 2.45) is 17.8 Å². The Labute approximate surface area is 205 Å². The highest BCUT2D eigenvalue weighted by Gasteiger charge is 2.63. The largest absolute Gasteiger partial charge is 0.349 e. The summed E-state index contributed by atoms with van der Waals surface area (Å²) in [5.74, 6) is -5.02. The minimum absolute atomic E-state index is 0.123. The molecule has 0 aliphatic heterocycles. The molecule has 1 aromatic heterocycles. The number of hydrogen-bond acceptors (Lipinski definition) is 4. The molecule has 2 aromatic carbocycles. The number of nitrogens with zero attached hydrogens (tertiary/aromatic N) is 2. The van der Waals surface area contributed by atoms with Crippen LogP contribution in [0.15, 0.2) is 71.7 Å². The first-order valence-corrected chi connectivity index (χ1v) is 11.1. The van der Waals surface area contributed by atoms with Gasteiger partial charge in [0.05, 0.1) is 29.1 Å². The lowest BCUT2D eigenvalue weighted by atomic mass is 10.2. The standard InChI is InChI=1S/C25H22ClFN4O4/c1-30(2)25(35)22-20(23(33)28-15-8-6-14(26)7-9-15)21(22)24(34)29-18-11-10-16(13-17(18)27)31-12-4-3-5-19(31)32/h3-13,20-22H,1-2H3,(H,28,33)(H,29,34)/t20-,21+,22+/m1/s1. The number of hydrogen-bond donors (Lipinski definition) is 2. The lowest BCUT2D eigenvalue weighted by molar-refractivity contribution is -0.132. The summed E-state index contributed by atoms with van der Waals surface area (Å²) in [6, 6.07) is 14.9. The fourth-order valence-corrected chi connectivity index (χ4v) is 4.07. The van der Waals surface area contributed by atoms with Crippen molar-refractivity contribution in [2.75, 3.05) is 24.7 Å². The second-order valence-corrected chi connectivity index (χ2v) is 8.80. The van der Waals surface area contributed by atoms with E-state index in [1.807, 2.05) is 0 Å². The van der Waals surface area contributed by atoms with Crippen LogP contribution in [0, 0.1) is 23.6 Å². The topological polar surface area (TPSA) is 101 Å². The zero-order valence-corrected chi connectivity index (χ0v) is 19.6. The van der Waals surface area contributed by atoms with Crippen molar-refractivity contribution < 1.29 is 18.8 Å². The third-order valence-corrected chi connectivity index (χ3v) is 6.03. The lowest BCUT2D eigenvalue weighted by Crippen LogP contribution is -2.27. The molecule has 3 amide bonds. The highest BCUT2D eigenvalue weighted by molar-refractivity contribution is 6.30. The van der Waals surface area contributed by atoms with E-state index in [-0.39, 0.29) is 17.2 Å². The Morgan fingerprint density at radius 3 is 2.17 bits per heavy atom. The lowest BCUT2D eigenvalue weighted by Gasteiger charge is -2.11. The molecule has 1 aliphatic carbocycles. The Balaban J connectivity index is 1.52. The van der Waals surface area contributed by atoms with Gasteiger partial charge in [-0.2, -0.15) is 0 Å². The van der Waals surface area contributed by atoms with Gasteiger partial charge in [0.25, 0.3) is 5.56 Å². The van der Waals surface area contributed by atoms with Gasteiger partial charge in [-0.3, -0.25) is 23.7 Å². The Kier molecular flexibility index (Phi) is 6.70. The second-order valence-electron chi connectivity index (χ2n) is 8.37. The van der Waals surface area contributed by atoms with Crippen LogP contribution in [0.2, 0.25) is 5.02 Å². The smallest absolute Gasteiger partial charge is 0.255 e. The molecular weight excluding hydrogens is 475 g/mol. The minimum Gasteiger partial charge on any atom is -0.349 e. The van der Waals surface area contributed by atoms with E-state index in [2.05, 4.69) is 10.6 Å². The van der Waals surface area contributed by atoms with Gasteiger partial charge >= 0.3 is 0 Å². The summed E-state index contributed by atoms with van der Waals surface area (Å²) in [6.45, 7) is 0. The molecule has 1 aliphatic rings. The third kappa shape index (κ3) is 5.09. The van der Waals surface area contributed by atoms with Crippen molar-refractivity contribution >= 4 is 40.7 Å². The van der Waals surface area contributed by atoms with Gasteiger partial charge in [-0.1, -0.05) is 17.7 Å². The van der Waals surface area contributed by atoms with Crippen molar-refractivity contribution in [3.05, 3.63) is 88.1 Å². The molecule has 2 N–H and O–H groups in total. The van der Waals surface area contributed by atoms with Gasteiger partial charge in [0.2, 0.25) is 17.7 Å². The fourth-order valence-electron chi connectivity index (χ4n) is 3.94. The maximum Gasteiger partial charge on any atom is 0.255 e. The zero-order chi connectivity index (χ0) is 25.3. The molecule has 0 bridgehead atoms. The van der Waals surface area contributed by atoms with E-state index in [9.17, 15) is 23.6 Å². The van der Waals surface area contributed by atoms with Crippen LogP contribution in [0.4, 0.5) is 15.8 Å². The maximum absolute atomic E-state index is 14.8. The third-order valence-electron chi connectivity index (χ3n) is 5.77. The quantitative estimate of drug-likeness (QED) is 0.547. The van der Waals surface area contributed by atoms with Gasteiger partial charge in [0.15, 0.2) is 0 Å². The van der Waals surface area contributed by atoms with Crippen molar-refractivity contribution in [1.82, 2.24) is 9.47 Å². The summed E-state index contributed by atoms with van der Waals surface area (Å²) in [5, 5.41) is 5.66. The van der Waals surface area contributed by atoms with Crippen LogP contribution in [-0.2, 0) is 14.4 Å². The predicted molar refractivity (Wildman–Crippen MR) is 130 cm³/mol. The van der Waals surface area contributed by atoms with Crippen LogP contribution in [0.25, 0.3) is 5.69 Å². The summed E-state index contributed by atoms with van der Waals surface area (Å²) in [4.78, 5) is 51.8. The molecule has 3 atom stereocenters. The van der Waals surface area contributed by atoms with Gasteiger partial charge in [0, 0.05) is 43.1 Å². The first-order valence-electron chi connectivity index (χ1n) is 10.7. The highest BCUT2D eigenvalue weighted by Crippen LogP contribution is 2.48. The van der Waals surface area contributed by atoms with E-state index in [4.69, 9.17) is 11.6 Å². The molecule has 10 heteroatoms. The Bertz CT molecular complexity index is 1360. The monoisotopic (exact) mass is 496 g/mol. The highest BCUT2D eigenvalue weighted by atomic mass is 35.5. The van der Waals surface area contributed by atoms with E-state index in [1.54, 1.807) is 36.4 Å². The molecular formula is C25H22ClFN4O4. The van der Waals surface area contributed by atoms with Crippen LogP contribution < -0.4 is 16.2 Å². The average Bonchev–Trinajstić information content (AvgIpc) is 3.57. The van der Waals surface area contributed by atoms with E-state index in [0.717, 1.165) is 6.07 Å². The van der Waals surface area contributed by atoms with Crippen LogP contribution in [0.3, 0.4) is 0 Å². The van der Waals surface area contributed by atoms with Crippen molar-refractivity contribution in [2.45, 2.75) is 0 Å². The molecule has 0 radical (unpaired) electrons. The van der Waals surface area contributed by atoms with Crippen molar-refractivity contribution in [3.63, 3.8) is 0 Å². The second kappa shape index (κ2) is 9.71. The van der Waals surface area contributed by atoms with E-state index in [0.29, 0.717) is 16.4 Å². The fraction of sp³-hybridized carbons (Fsp3) is 0.200. The van der Waals surface area contributed by atoms with E-state index >= 15 is 0 Å². The summed E-state index contributed by atoms with van der Waals surface area (Å²) < 4.78 is 16.0. The minimum atomic E-state index is -0.965. The van der Waals surface area contributed by atoms with Crippen LogP contribution in [-0.4, -0.2) is 41.3 Å². The number of benzene rings is 2. The molecule has 1 saturated carbocycles.